The minimum atomic E-state index is -0.244. The summed E-state index contributed by atoms with van der Waals surface area (Å²) in [4.78, 5) is 17.9. The topological polar surface area (TPSA) is 81.2 Å². The molecule has 2 aromatic carbocycles. The average Bonchev–Trinajstić information content (AvgIpc) is 3.24. The lowest BCUT2D eigenvalue weighted by Crippen LogP contribution is -2.13. The molecular weight excluding hydrogens is 334 g/mol. The number of nitrogens with zero attached hydrogens (tertiary/aromatic N) is 1. The molecule has 0 fully saturated rings. The monoisotopic (exact) mass is 349 g/mol. The Morgan fingerprint density at radius 1 is 1.20 bits per heavy atom. The van der Waals surface area contributed by atoms with E-state index in [1.165, 1.54) is 0 Å². The number of amides is 1. The molecule has 0 aliphatic carbocycles. The van der Waals surface area contributed by atoms with Crippen LogP contribution in [-0.4, -0.2) is 10.9 Å². The molecule has 0 bridgehead atoms. The maximum atomic E-state index is 12.6. The van der Waals surface area contributed by atoms with Gasteiger partial charge in [-0.3, -0.25) is 4.79 Å². The van der Waals surface area contributed by atoms with Crippen molar-refractivity contribution in [2.75, 3.05) is 11.1 Å². The quantitative estimate of drug-likeness (QED) is 0.525. The Bertz CT molecular complexity index is 1070. The third-order valence-electron chi connectivity index (χ3n) is 3.86. The molecule has 5 nitrogen and oxygen atoms in total. The molecule has 0 atom stereocenters. The number of hydrogen-bond donors (Lipinski definition) is 2. The predicted molar refractivity (Wildman–Crippen MR) is 101 cm³/mol. The van der Waals surface area contributed by atoms with Crippen LogP contribution < -0.4 is 11.1 Å². The first-order valence-corrected chi connectivity index (χ1v) is 8.60. The predicted octanol–water partition coefficient (Wildman–Crippen LogP) is 4.70. The van der Waals surface area contributed by atoms with Crippen LogP contribution in [0.4, 0.5) is 11.4 Å². The molecule has 0 radical (unpaired) electrons. The number of fused-ring (bicyclic) bond motifs is 1. The number of carbonyl (C=O) groups is 1. The summed E-state index contributed by atoms with van der Waals surface area (Å²) in [5, 5.41) is 4.89. The Kier molecular flexibility index (Phi) is 3.74. The van der Waals surface area contributed by atoms with E-state index in [9.17, 15) is 4.79 Å². The van der Waals surface area contributed by atoms with E-state index in [1.54, 1.807) is 42.5 Å². The zero-order chi connectivity index (χ0) is 17.4. The number of carbonyl (C=O) groups excluding carboxylic acids is 1. The zero-order valence-electron chi connectivity index (χ0n) is 13.4. The van der Waals surface area contributed by atoms with Crippen molar-refractivity contribution in [1.82, 2.24) is 4.98 Å². The van der Waals surface area contributed by atoms with E-state index in [2.05, 4.69) is 10.3 Å². The van der Waals surface area contributed by atoms with Gasteiger partial charge in [-0.25, -0.2) is 4.98 Å². The smallest absolute Gasteiger partial charge is 0.255 e. The molecule has 0 saturated heterocycles. The van der Waals surface area contributed by atoms with E-state index < -0.39 is 0 Å². The Morgan fingerprint density at radius 2 is 2.08 bits per heavy atom. The molecule has 2 aromatic heterocycles. The number of nitrogens with two attached hydrogens (primary N) is 1. The van der Waals surface area contributed by atoms with Gasteiger partial charge in [-0.1, -0.05) is 12.1 Å². The van der Waals surface area contributed by atoms with Crippen LogP contribution in [-0.2, 0) is 0 Å². The standard InChI is InChI=1S/C19H15N3O2S/c1-11-21-15-7-5-13(10-17(15)24-11)19(23)22-16-9-12(4-6-14(16)20)18-3-2-8-25-18/h2-10H,20H2,1H3,(H,22,23). The molecule has 0 aliphatic rings. The molecule has 3 N–H and O–H groups in total. The summed E-state index contributed by atoms with van der Waals surface area (Å²) in [6.07, 6.45) is 0. The number of nitrogen functional groups attached to an aromatic ring is 1. The molecule has 4 rings (SSSR count). The second kappa shape index (κ2) is 6.07. The van der Waals surface area contributed by atoms with Crippen LogP contribution in [0.1, 0.15) is 16.2 Å². The lowest BCUT2D eigenvalue weighted by Gasteiger charge is -2.10. The minimum Gasteiger partial charge on any atom is -0.441 e. The number of benzene rings is 2. The Hall–Kier alpha value is -3.12. The van der Waals surface area contributed by atoms with E-state index in [0.717, 1.165) is 16.0 Å². The van der Waals surface area contributed by atoms with Crippen LogP contribution in [0.2, 0.25) is 0 Å². The number of aryl methyl sites for hydroxylation is 1. The molecule has 4 aromatic rings. The van der Waals surface area contributed by atoms with Crippen LogP contribution in [0.15, 0.2) is 58.3 Å². The Morgan fingerprint density at radius 3 is 2.88 bits per heavy atom. The number of rotatable bonds is 3. The number of anilines is 2. The van der Waals surface area contributed by atoms with Crippen LogP contribution >= 0.6 is 11.3 Å². The van der Waals surface area contributed by atoms with Crippen molar-refractivity contribution >= 4 is 39.7 Å². The molecule has 1 amide bonds. The van der Waals surface area contributed by atoms with Crippen molar-refractivity contribution in [3.05, 3.63) is 65.4 Å². The minimum absolute atomic E-state index is 0.244. The Labute approximate surface area is 148 Å². The molecule has 0 saturated carbocycles. The second-order valence-corrected chi connectivity index (χ2v) is 6.60. The Balaban J connectivity index is 1.64. The van der Waals surface area contributed by atoms with Gasteiger partial charge in [-0.05, 0) is 47.3 Å². The highest BCUT2D eigenvalue weighted by Gasteiger charge is 2.12. The summed E-state index contributed by atoms with van der Waals surface area (Å²) < 4.78 is 5.49. The van der Waals surface area contributed by atoms with Crippen LogP contribution in [0.3, 0.4) is 0 Å². The van der Waals surface area contributed by atoms with E-state index in [-0.39, 0.29) is 5.91 Å². The van der Waals surface area contributed by atoms with Crippen molar-refractivity contribution in [3.8, 4) is 10.4 Å². The molecule has 0 unspecified atom stereocenters. The summed E-state index contributed by atoms with van der Waals surface area (Å²) in [6, 6.07) is 14.8. The fraction of sp³-hybridized carbons (Fsp3) is 0.0526. The van der Waals surface area contributed by atoms with E-state index in [1.807, 2.05) is 29.6 Å². The zero-order valence-corrected chi connectivity index (χ0v) is 14.3. The number of thiophene rings is 1. The van der Waals surface area contributed by atoms with Crippen molar-refractivity contribution < 1.29 is 9.21 Å². The third kappa shape index (κ3) is 2.99. The van der Waals surface area contributed by atoms with Gasteiger partial charge in [0.1, 0.15) is 5.52 Å². The first-order valence-electron chi connectivity index (χ1n) is 7.72. The number of oxazole rings is 1. The maximum Gasteiger partial charge on any atom is 0.255 e. The fourth-order valence-corrected chi connectivity index (χ4v) is 3.36. The molecule has 25 heavy (non-hydrogen) atoms. The van der Waals surface area contributed by atoms with Gasteiger partial charge in [0.25, 0.3) is 5.91 Å². The van der Waals surface area contributed by atoms with Crippen molar-refractivity contribution in [1.29, 1.82) is 0 Å². The number of aromatic nitrogens is 1. The van der Waals surface area contributed by atoms with Crippen LogP contribution in [0, 0.1) is 6.92 Å². The summed E-state index contributed by atoms with van der Waals surface area (Å²) in [5.74, 6) is 0.325. The molecule has 2 heterocycles. The molecule has 124 valence electrons. The first kappa shape index (κ1) is 15.4. The van der Waals surface area contributed by atoms with E-state index >= 15 is 0 Å². The van der Waals surface area contributed by atoms with Gasteiger partial charge in [0.05, 0.1) is 11.4 Å². The van der Waals surface area contributed by atoms with Crippen molar-refractivity contribution in [2.45, 2.75) is 6.92 Å². The summed E-state index contributed by atoms with van der Waals surface area (Å²) in [5.41, 5.74) is 9.95. The SMILES string of the molecule is Cc1nc2ccc(C(=O)Nc3cc(-c4cccs4)ccc3N)cc2o1. The maximum absolute atomic E-state index is 12.6. The number of hydrogen-bond acceptors (Lipinski definition) is 5. The molecule has 6 heteroatoms. The summed E-state index contributed by atoms with van der Waals surface area (Å²) in [7, 11) is 0. The van der Waals surface area contributed by atoms with Crippen molar-refractivity contribution in [2.24, 2.45) is 0 Å². The van der Waals surface area contributed by atoms with Gasteiger partial charge >= 0.3 is 0 Å². The average molecular weight is 349 g/mol. The van der Waals surface area contributed by atoms with Gasteiger partial charge in [0.2, 0.25) is 0 Å². The molecule has 0 aliphatic heterocycles. The fourth-order valence-electron chi connectivity index (χ4n) is 2.64. The van der Waals surface area contributed by atoms with Gasteiger partial charge in [0.15, 0.2) is 11.5 Å². The van der Waals surface area contributed by atoms with Crippen molar-refractivity contribution in [3.63, 3.8) is 0 Å². The summed E-state index contributed by atoms with van der Waals surface area (Å²) >= 11 is 1.64. The van der Waals surface area contributed by atoms with Gasteiger partial charge in [-0.2, -0.15) is 0 Å². The van der Waals surface area contributed by atoms with E-state index in [4.69, 9.17) is 10.2 Å². The van der Waals surface area contributed by atoms with Crippen LogP contribution in [0.25, 0.3) is 21.5 Å². The first-order chi connectivity index (χ1) is 12.1. The molecule has 0 spiro atoms. The van der Waals surface area contributed by atoms with Crippen LogP contribution in [0.5, 0.6) is 0 Å². The van der Waals surface area contributed by atoms with Gasteiger partial charge < -0.3 is 15.5 Å². The lowest BCUT2D eigenvalue weighted by atomic mass is 10.1. The third-order valence-corrected chi connectivity index (χ3v) is 4.78. The second-order valence-electron chi connectivity index (χ2n) is 5.65. The summed E-state index contributed by atoms with van der Waals surface area (Å²) in [6.45, 7) is 1.77. The normalized spacial score (nSPS) is 10.9. The highest BCUT2D eigenvalue weighted by Crippen LogP contribution is 2.30. The number of nitrogens with one attached hydrogen (secondary N) is 1. The molecular formula is C19H15N3O2S. The van der Waals surface area contributed by atoms with E-state index in [0.29, 0.717) is 28.4 Å². The van der Waals surface area contributed by atoms with Gasteiger partial charge in [-0.15, -0.1) is 11.3 Å². The largest absolute Gasteiger partial charge is 0.441 e. The lowest BCUT2D eigenvalue weighted by molar-refractivity contribution is 0.102. The highest BCUT2D eigenvalue weighted by molar-refractivity contribution is 7.13. The highest BCUT2D eigenvalue weighted by atomic mass is 32.1. The van der Waals surface area contributed by atoms with Gasteiger partial charge in [0, 0.05) is 17.4 Å².